The van der Waals surface area contributed by atoms with Crippen LogP contribution in [-0.4, -0.2) is 39.8 Å². The minimum atomic E-state index is -0.250. The van der Waals surface area contributed by atoms with Gasteiger partial charge in [-0.05, 0) is 114 Å². The maximum absolute atomic E-state index is 9.17. The van der Waals surface area contributed by atoms with E-state index in [9.17, 15) is 0 Å². The van der Waals surface area contributed by atoms with Crippen LogP contribution < -0.4 is 14.8 Å². The van der Waals surface area contributed by atoms with Gasteiger partial charge in [-0.15, -0.1) is 0 Å². The second-order valence-corrected chi connectivity index (χ2v) is 21.5. The van der Waals surface area contributed by atoms with Gasteiger partial charge in [-0.2, -0.15) is 28.8 Å². The van der Waals surface area contributed by atoms with Crippen LogP contribution in [0.5, 0.6) is 5.75 Å². The summed E-state index contributed by atoms with van der Waals surface area (Å²) in [6, 6.07) is 16.3. The zero-order valence-corrected chi connectivity index (χ0v) is 36.6. The summed E-state index contributed by atoms with van der Waals surface area (Å²) in [5, 5.41) is 10.5. The van der Waals surface area contributed by atoms with Gasteiger partial charge in [0.05, 0.1) is 30.2 Å². The number of halogens is 1. The Bertz CT molecular complexity index is 1590. The number of para-hydroxylation sites is 1. The molecule has 4 aliphatic rings. The summed E-state index contributed by atoms with van der Waals surface area (Å²) < 4.78 is 4.26. The van der Waals surface area contributed by atoms with Gasteiger partial charge < -0.3 is 9.48 Å². The molecule has 3 saturated carbocycles. The van der Waals surface area contributed by atoms with E-state index in [2.05, 4.69) is 82.0 Å². The van der Waals surface area contributed by atoms with Crippen LogP contribution in [0, 0.1) is 48.2 Å². The van der Waals surface area contributed by atoms with Gasteiger partial charge in [0, 0.05) is 13.6 Å². The number of nitrogens with zero attached hydrogens (tertiary/aromatic N) is 2. The van der Waals surface area contributed by atoms with Gasteiger partial charge in [0.25, 0.3) is 0 Å². The molecule has 0 atom stereocenters. The topological polar surface area (TPSA) is 26.5 Å². The van der Waals surface area contributed by atoms with Crippen LogP contribution in [-0.2, 0) is 15.7 Å². The quantitative estimate of drug-likeness (QED) is 0.120. The second-order valence-electron chi connectivity index (χ2n) is 16.2. The van der Waals surface area contributed by atoms with E-state index < -0.39 is 0 Å². The third-order valence-corrected chi connectivity index (χ3v) is 17.8. The molecule has 3 aliphatic carbocycles. The van der Waals surface area contributed by atoms with E-state index in [0.29, 0.717) is 5.75 Å². The van der Waals surface area contributed by atoms with E-state index in [0.717, 1.165) is 18.7 Å². The fourth-order valence-electron chi connectivity index (χ4n) is 10.0. The number of phenolic OH excluding ortho intramolecular Hbond substituents is 1. The van der Waals surface area contributed by atoms with Crippen LogP contribution >= 0.6 is 17.6 Å². The number of hydrogen-bond donors (Lipinski definition) is 1. The molecule has 0 aromatic heterocycles. The standard InChI is InChI=1S/C21H27N2.C18H33P.C7H6O.ClH.Ru/c1-14-9-16(3)20(17(4)10-14)22-7-8-23(13-22)21-18(5)11-15(2)12-19(21)6;1-4-10-16(11-5-1)19(17-12-6-2-7-13-17)18-14-8-3-9-15-18;1-6-4-2-3-5-7(6)8;;/h9-13H,7-8H2,1-6H3;16-18H,1-15H2;1-5,8H;1H;/q-1;;;;+1. The summed E-state index contributed by atoms with van der Waals surface area (Å²) in [5.41, 5.74) is 14.0. The molecule has 0 amide bonds. The molecule has 1 heterocycles. The normalized spacial score (nSPS) is 19.1. The molecule has 3 nitrogen and oxygen atoms in total. The van der Waals surface area contributed by atoms with Crippen LogP contribution in [0.1, 0.15) is 135 Å². The van der Waals surface area contributed by atoms with Gasteiger partial charge >= 0.3 is 70.7 Å². The number of phenols is 1. The number of hydrogen-bond acceptors (Lipinski definition) is 2. The Labute approximate surface area is 329 Å². The molecule has 3 aromatic rings. The molecule has 0 spiro atoms. The minimum absolute atomic E-state index is 0.0465. The number of rotatable bonds is 5. The van der Waals surface area contributed by atoms with Crippen molar-refractivity contribution in [3.05, 3.63) is 99.5 Å². The molecule has 52 heavy (non-hydrogen) atoms. The van der Waals surface area contributed by atoms with E-state index in [1.54, 1.807) is 108 Å². The Morgan fingerprint density at radius 2 is 1.25 bits per heavy atom. The third-order valence-electron chi connectivity index (χ3n) is 12.0. The molecule has 287 valence electrons. The average Bonchev–Trinajstić information content (AvgIpc) is 3.59. The van der Waals surface area contributed by atoms with E-state index >= 15 is 0 Å². The molecule has 4 fully saturated rings. The summed E-state index contributed by atoms with van der Waals surface area (Å²) in [7, 11) is 5.48. The van der Waals surface area contributed by atoms with Crippen molar-refractivity contribution in [1.29, 1.82) is 0 Å². The second kappa shape index (κ2) is 20.7. The molecule has 3 aromatic carbocycles. The number of aryl methyl sites for hydroxylation is 6. The predicted octanol–water partition coefficient (Wildman–Crippen LogP) is 11.6. The SMILES string of the molecule is C1CCC([PH+](C2CCCCC2)C2CCCCC2)CC1.Cc1cc(C)c(N2[CH-][N+](=c3c(C)c[c-](C)cc3C)CC2)c(C)c1.Oc1ccccc1[CH]=[Ru][Cl]. The molecular formula is C46H67ClN2OPRu. The number of aromatic hydroxyl groups is 1. The van der Waals surface area contributed by atoms with Crippen LogP contribution in [0.25, 0.3) is 0 Å². The molecular weight excluding hydrogens is 764 g/mol. The van der Waals surface area contributed by atoms with Crippen molar-refractivity contribution >= 4 is 27.9 Å². The monoisotopic (exact) mass is 831 g/mol. The van der Waals surface area contributed by atoms with Crippen LogP contribution in [0.3, 0.4) is 0 Å². The van der Waals surface area contributed by atoms with E-state index in [1.807, 2.05) is 16.7 Å². The van der Waals surface area contributed by atoms with E-state index in [-0.39, 0.29) is 23.6 Å². The van der Waals surface area contributed by atoms with E-state index in [4.69, 9.17) is 14.8 Å². The Balaban J connectivity index is 0.000000162. The van der Waals surface area contributed by atoms with Crippen molar-refractivity contribution in [1.82, 2.24) is 4.58 Å². The van der Waals surface area contributed by atoms with Crippen molar-refractivity contribution < 1.29 is 20.8 Å². The average molecular weight is 832 g/mol. The van der Waals surface area contributed by atoms with Gasteiger partial charge in [-0.25, -0.2) is 0 Å². The van der Waals surface area contributed by atoms with Crippen LogP contribution in [0.15, 0.2) is 48.5 Å². The summed E-state index contributed by atoms with van der Waals surface area (Å²) in [4.78, 5) is 2.41. The summed E-state index contributed by atoms with van der Waals surface area (Å²) in [6.45, 7) is 17.6. The van der Waals surface area contributed by atoms with E-state index in [1.165, 1.54) is 61.4 Å². The van der Waals surface area contributed by atoms with Gasteiger partial charge in [0.2, 0.25) is 0 Å². The van der Waals surface area contributed by atoms with Crippen LogP contribution in [0.2, 0.25) is 0 Å². The summed E-state index contributed by atoms with van der Waals surface area (Å²) >= 11 is -0.250. The first-order valence-corrected chi connectivity index (χ1v) is 25.4. The first kappa shape index (κ1) is 41.3. The number of benzene rings is 3. The molecule has 0 bridgehead atoms. The fraction of sp³-hybridized carbons (Fsp3) is 0.565. The Morgan fingerprint density at radius 1 is 0.769 bits per heavy atom. The fourth-order valence-corrected chi connectivity index (χ4v) is 16.4. The Kier molecular flexibility index (Phi) is 16.5. The molecule has 0 unspecified atom stereocenters. The van der Waals surface area contributed by atoms with Crippen LogP contribution in [0.4, 0.5) is 5.69 Å². The van der Waals surface area contributed by atoms with Gasteiger partial charge in [-0.3, -0.25) is 0 Å². The first-order valence-electron chi connectivity index (χ1n) is 20.4. The summed E-state index contributed by atoms with van der Waals surface area (Å²) in [5.74, 6) is 0.303. The third kappa shape index (κ3) is 11.3. The Morgan fingerprint density at radius 3 is 1.71 bits per heavy atom. The molecule has 0 radical (unpaired) electrons. The number of anilines is 1. The zero-order chi connectivity index (χ0) is 37.0. The Hall–Kier alpha value is -1.86. The summed E-state index contributed by atoms with van der Waals surface area (Å²) in [6.07, 6.45) is 23.8. The molecule has 1 saturated heterocycles. The zero-order valence-electron chi connectivity index (χ0n) is 33.1. The predicted molar refractivity (Wildman–Crippen MR) is 227 cm³/mol. The van der Waals surface area contributed by atoms with Gasteiger partial charge in [0.15, 0.2) is 0 Å². The van der Waals surface area contributed by atoms with Crippen molar-refractivity contribution in [2.75, 3.05) is 18.0 Å². The first-order chi connectivity index (χ1) is 25.2. The molecule has 1 N–H and O–H groups in total. The van der Waals surface area contributed by atoms with Crippen molar-refractivity contribution in [3.8, 4) is 5.75 Å². The van der Waals surface area contributed by atoms with Gasteiger partial charge in [0.1, 0.15) is 6.54 Å². The van der Waals surface area contributed by atoms with Crippen molar-refractivity contribution in [3.63, 3.8) is 0 Å². The van der Waals surface area contributed by atoms with Crippen molar-refractivity contribution in [2.45, 2.75) is 155 Å². The molecule has 6 heteroatoms. The molecule has 7 rings (SSSR count). The van der Waals surface area contributed by atoms with Crippen molar-refractivity contribution in [2.24, 2.45) is 0 Å². The van der Waals surface area contributed by atoms with Gasteiger partial charge in [-0.1, -0.05) is 57.7 Å². The maximum atomic E-state index is 9.17. The molecule has 1 aliphatic heterocycles.